The van der Waals surface area contributed by atoms with Crippen LogP contribution in [0.4, 0.5) is 0 Å². The third-order valence-electron chi connectivity index (χ3n) is 3.59. The smallest absolute Gasteiger partial charge is 0.243 e. The SMILES string of the molecule is CCOc1cc(S(=O)(=O)N2CCN(CCO)CC2)ccc1Cl. The zero-order valence-corrected chi connectivity index (χ0v) is 14.1. The summed E-state index contributed by atoms with van der Waals surface area (Å²) in [6.07, 6.45) is 0. The molecule has 1 N–H and O–H groups in total. The molecule has 0 radical (unpaired) electrons. The quantitative estimate of drug-likeness (QED) is 0.831. The molecular weight excluding hydrogens is 328 g/mol. The number of hydrogen-bond acceptors (Lipinski definition) is 5. The van der Waals surface area contributed by atoms with Gasteiger partial charge in [0.1, 0.15) is 5.75 Å². The van der Waals surface area contributed by atoms with E-state index < -0.39 is 10.0 Å². The third-order valence-corrected chi connectivity index (χ3v) is 5.79. The Morgan fingerprint density at radius 2 is 1.95 bits per heavy atom. The van der Waals surface area contributed by atoms with E-state index in [4.69, 9.17) is 21.4 Å². The molecule has 0 amide bonds. The molecule has 2 rings (SSSR count). The van der Waals surface area contributed by atoms with Crippen LogP contribution in [0.3, 0.4) is 0 Å². The Hall–Kier alpha value is -0.860. The predicted octanol–water partition coefficient (Wildman–Crippen LogP) is 1.04. The van der Waals surface area contributed by atoms with E-state index in [9.17, 15) is 8.42 Å². The molecule has 1 aromatic carbocycles. The number of β-amino-alcohol motifs (C(OH)–C–C–N with tert-alkyl or cyclic N) is 1. The predicted molar refractivity (Wildman–Crippen MR) is 84.9 cm³/mol. The van der Waals surface area contributed by atoms with Crippen LogP contribution in [0, 0.1) is 0 Å². The molecular formula is C14H21ClN2O4S. The van der Waals surface area contributed by atoms with Crippen molar-refractivity contribution in [2.75, 3.05) is 45.9 Å². The molecule has 1 aromatic rings. The molecule has 22 heavy (non-hydrogen) atoms. The van der Waals surface area contributed by atoms with E-state index in [2.05, 4.69) is 0 Å². The van der Waals surface area contributed by atoms with E-state index in [0.717, 1.165) is 0 Å². The van der Waals surface area contributed by atoms with Gasteiger partial charge in [0.05, 0.1) is 23.1 Å². The van der Waals surface area contributed by atoms with Gasteiger partial charge in [0.2, 0.25) is 10.0 Å². The summed E-state index contributed by atoms with van der Waals surface area (Å²) in [5.74, 6) is 0.379. The molecule has 1 aliphatic heterocycles. The summed E-state index contributed by atoms with van der Waals surface area (Å²) in [5, 5.41) is 9.33. The van der Waals surface area contributed by atoms with E-state index in [1.54, 1.807) is 6.07 Å². The lowest BCUT2D eigenvalue weighted by molar-refractivity contribution is 0.151. The van der Waals surface area contributed by atoms with Crippen molar-refractivity contribution in [2.45, 2.75) is 11.8 Å². The number of nitrogens with zero attached hydrogens (tertiary/aromatic N) is 2. The largest absolute Gasteiger partial charge is 0.492 e. The van der Waals surface area contributed by atoms with E-state index in [1.165, 1.54) is 16.4 Å². The van der Waals surface area contributed by atoms with Crippen LogP contribution in [-0.4, -0.2) is 68.7 Å². The van der Waals surface area contributed by atoms with Gasteiger partial charge in [-0.15, -0.1) is 0 Å². The first-order valence-corrected chi connectivity index (χ1v) is 9.06. The van der Waals surface area contributed by atoms with Gasteiger partial charge in [-0.05, 0) is 19.1 Å². The lowest BCUT2D eigenvalue weighted by atomic mass is 10.3. The first-order valence-electron chi connectivity index (χ1n) is 7.24. The number of piperazine rings is 1. The zero-order valence-electron chi connectivity index (χ0n) is 12.5. The fraction of sp³-hybridized carbons (Fsp3) is 0.571. The second-order valence-corrected chi connectivity index (χ2v) is 7.34. The van der Waals surface area contributed by atoms with Crippen LogP contribution in [0.2, 0.25) is 5.02 Å². The maximum absolute atomic E-state index is 12.7. The first kappa shape index (κ1) is 17.5. The van der Waals surface area contributed by atoms with Crippen molar-refractivity contribution in [2.24, 2.45) is 0 Å². The molecule has 1 fully saturated rings. The highest BCUT2D eigenvalue weighted by Gasteiger charge is 2.28. The number of aliphatic hydroxyl groups excluding tert-OH is 1. The van der Waals surface area contributed by atoms with Gasteiger partial charge in [-0.25, -0.2) is 8.42 Å². The van der Waals surface area contributed by atoms with E-state index >= 15 is 0 Å². The lowest BCUT2D eigenvalue weighted by Crippen LogP contribution is -2.49. The van der Waals surface area contributed by atoms with Crippen LogP contribution >= 0.6 is 11.6 Å². The van der Waals surface area contributed by atoms with Crippen LogP contribution in [-0.2, 0) is 10.0 Å². The molecule has 6 nitrogen and oxygen atoms in total. The topological polar surface area (TPSA) is 70.1 Å². The van der Waals surface area contributed by atoms with Crippen LogP contribution in [0.15, 0.2) is 23.1 Å². The average Bonchev–Trinajstić information content (AvgIpc) is 2.50. The van der Waals surface area contributed by atoms with Crippen molar-refractivity contribution in [1.29, 1.82) is 0 Å². The summed E-state index contributed by atoms with van der Waals surface area (Å²) in [6, 6.07) is 4.52. The van der Waals surface area contributed by atoms with Gasteiger partial charge in [-0.2, -0.15) is 4.31 Å². The van der Waals surface area contributed by atoms with Crippen molar-refractivity contribution in [3.8, 4) is 5.75 Å². The zero-order chi connectivity index (χ0) is 16.2. The Labute approximate surface area is 136 Å². The normalized spacial score (nSPS) is 17.6. The molecule has 1 saturated heterocycles. The van der Waals surface area contributed by atoms with E-state index in [-0.39, 0.29) is 11.5 Å². The molecule has 1 heterocycles. The molecule has 0 saturated carbocycles. The molecule has 0 spiro atoms. The molecule has 0 aliphatic carbocycles. The Bertz CT molecular complexity index is 601. The second kappa shape index (κ2) is 7.61. The van der Waals surface area contributed by atoms with E-state index in [1.807, 2.05) is 11.8 Å². The van der Waals surface area contributed by atoms with Gasteiger partial charge >= 0.3 is 0 Å². The molecule has 0 unspecified atom stereocenters. The van der Waals surface area contributed by atoms with Gasteiger partial charge in [-0.1, -0.05) is 11.6 Å². The molecule has 124 valence electrons. The van der Waals surface area contributed by atoms with Gasteiger partial charge in [0.25, 0.3) is 0 Å². The Kier molecular flexibility index (Phi) is 6.05. The molecule has 0 aromatic heterocycles. The third kappa shape index (κ3) is 3.91. The first-order chi connectivity index (χ1) is 10.5. The maximum atomic E-state index is 12.7. The minimum absolute atomic E-state index is 0.0850. The number of benzene rings is 1. The van der Waals surface area contributed by atoms with Gasteiger partial charge in [0, 0.05) is 38.8 Å². The second-order valence-electron chi connectivity index (χ2n) is 4.99. The highest BCUT2D eigenvalue weighted by molar-refractivity contribution is 7.89. The molecule has 8 heteroatoms. The summed E-state index contributed by atoms with van der Waals surface area (Å²) in [7, 11) is -3.55. The molecule has 0 atom stereocenters. The summed E-state index contributed by atoms with van der Waals surface area (Å²) < 4.78 is 32.2. The summed E-state index contributed by atoms with van der Waals surface area (Å²) in [4.78, 5) is 2.23. The summed E-state index contributed by atoms with van der Waals surface area (Å²) >= 11 is 6.00. The molecule has 0 bridgehead atoms. The maximum Gasteiger partial charge on any atom is 0.243 e. The number of sulfonamides is 1. The highest BCUT2D eigenvalue weighted by Crippen LogP contribution is 2.29. The van der Waals surface area contributed by atoms with Crippen LogP contribution in [0.5, 0.6) is 5.75 Å². The van der Waals surface area contributed by atoms with Gasteiger partial charge in [0.15, 0.2) is 0 Å². The fourth-order valence-corrected chi connectivity index (χ4v) is 4.00. The van der Waals surface area contributed by atoms with Gasteiger partial charge in [-0.3, -0.25) is 4.90 Å². The fourth-order valence-electron chi connectivity index (χ4n) is 2.39. The van der Waals surface area contributed by atoms with Gasteiger partial charge < -0.3 is 9.84 Å². The van der Waals surface area contributed by atoms with Crippen molar-refractivity contribution in [3.05, 3.63) is 23.2 Å². The Balaban J connectivity index is 2.15. The summed E-state index contributed by atoms with van der Waals surface area (Å²) in [5.41, 5.74) is 0. The summed E-state index contributed by atoms with van der Waals surface area (Å²) in [6.45, 7) is 4.95. The minimum atomic E-state index is -3.55. The van der Waals surface area contributed by atoms with Crippen molar-refractivity contribution in [3.63, 3.8) is 0 Å². The number of hydrogen-bond donors (Lipinski definition) is 1. The van der Waals surface area contributed by atoms with Crippen molar-refractivity contribution < 1.29 is 18.3 Å². The van der Waals surface area contributed by atoms with E-state index in [0.29, 0.717) is 50.1 Å². The number of halogens is 1. The molecule has 1 aliphatic rings. The van der Waals surface area contributed by atoms with Crippen LogP contribution < -0.4 is 4.74 Å². The van der Waals surface area contributed by atoms with Crippen molar-refractivity contribution in [1.82, 2.24) is 9.21 Å². The van der Waals surface area contributed by atoms with Crippen molar-refractivity contribution >= 4 is 21.6 Å². The highest BCUT2D eigenvalue weighted by atomic mass is 35.5. The average molecular weight is 349 g/mol. The lowest BCUT2D eigenvalue weighted by Gasteiger charge is -2.33. The minimum Gasteiger partial charge on any atom is -0.492 e. The number of ether oxygens (including phenoxy) is 1. The number of aliphatic hydroxyl groups is 1. The monoisotopic (exact) mass is 348 g/mol. The Morgan fingerprint density at radius 3 is 2.55 bits per heavy atom. The standard InChI is InChI=1S/C14H21ClN2O4S/c1-2-21-14-11-12(3-4-13(14)15)22(19,20)17-7-5-16(6-8-17)9-10-18/h3-4,11,18H,2,5-10H2,1H3. The Morgan fingerprint density at radius 1 is 1.27 bits per heavy atom. The van der Waals surface area contributed by atoms with Crippen LogP contribution in [0.1, 0.15) is 6.92 Å². The van der Waals surface area contributed by atoms with Crippen LogP contribution in [0.25, 0.3) is 0 Å². The number of rotatable bonds is 6.